The van der Waals surface area contributed by atoms with Crippen LogP contribution in [0.1, 0.15) is 116 Å². The van der Waals surface area contributed by atoms with Crippen molar-refractivity contribution in [3.63, 3.8) is 0 Å². The molecule has 0 atom stereocenters. The van der Waals surface area contributed by atoms with Gasteiger partial charge in [-0.3, -0.25) is 0 Å². The van der Waals surface area contributed by atoms with E-state index in [1.54, 1.807) is 7.05 Å². The Bertz CT molecular complexity index is 194. The Morgan fingerprint density at radius 3 is 1.05 bits per heavy atom. The fraction of sp³-hybridized carbons (Fsp3) is 1.00. The predicted molar refractivity (Wildman–Crippen MR) is 98.6 cm³/mol. The lowest BCUT2D eigenvalue weighted by Gasteiger charge is -2.07. The van der Waals surface area contributed by atoms with E-state index in [0.717, 1.165) is 13.0 Å². The third-order valence-electron chi connectivity index (χ3n) is 4.59. The highest BCUT2D eigenvalue weighted by Gasteiger charge is 1.95. The Balaban J connectivity index is 2.94. The van der Waals surface area contributed by atoms with Crippen molar-refractivity contribution in [1.29, 1.82) is 0 Å². The van der Waals surface area contributed by atoms with E-state index in [1.165, 1.54) is 108 Å². The van der Waals surface area contributed by atoms with E-state index in [4.69, 9.17) is 5.21 Å². The molecule has 2 heteroatoms. The van der Waals surface area contributed by atoms with Gasteiger partial charge in [-0.05, 0) is 6.42 Å². The quantitative estimate of drug-likeness (QED) is 0.218. The van der Waals surface area contributed by atoms with Gasteiger partial charge in [-0.15, -0.1) is 0 Å². The van der Waals surface area contributed by atoms with Crippen LogP contribution in [0.2, 0.25) is 0 Å². The Morgan fingerprint density at radius 2 is 0.773 bits per heavy atom. The van der Waals surface area contributed by atoms with E-state index in [2.05, 4.69) is 6.92 Å². The molecule has 0 aromatic carbocycles. The normalized spacial score (nSPS) is 11.5. The Hall–Kier alpha value is -0.0800. The molecule has 0 heterocycles. The van der Waals surface area contributed by atoms with Gasteiger partial charge in [0.1, 0.15) is 0 Å². The highest BCUT2D eigenvalue weighted by molar-refractivity contribution is 4.50. The average Bonchev–Trinajstić information content (AvgIpc) is 2.50. The van der Waals surface area contributed by atoms with Crippen molar-refractivity contribution >= 4 is 0 Å². The van der Waals surface area contributed by atoms with Crippen molar-refractivity contribution in [1.82, 2.24) is 5.06 Å². The first-order valence-electron chi connectivity index (χ1n) is 10.2. The summed E-state index contributed by atoms with van der Waals surface area (Å²) >= 11 is 0. The first-order valence-corrected chi connectivity index (χ1v) is 10.2. The van der Waals surface area contributed by atoms with Crippen LogP contribution in [-0.2, 0) is 0 Å². The zero-order valence-corrected chi connectivity index (χ0v) is 15.6. The second kappa shape index (κ2) is 19.0. The molecule has 0 saturated carbocycles. The van der Waals surface area contributed by atoms with Crippen LogP contribution in [0.5, 0.6) is 0 Å². The summed E-state index contributed by atoms with van der Waals surface area (Å²) < 4.78 is 0. The largest absolute Gasteiger partial charge is 0.314 e. The number of hydroxylamine groups is 2. The van der Waals surface area contributed by atoms with Crippen molar-refractivity contribution < 1.29 is 5.21 Å². The van der Waals surface area contributed by atoms with Gasteiger partial charge in [0.05, 0.1) is 0 Å². The molecule has 0 amide bonds. The van der Waals surface area contributed by atoms with Gasteiger partial charge in [0.25, 0.3) is 0 Å². The lowest BCUT2D eigenvalue weighted by Crippen LogP contribution is -2.13. The van der Waals surface area contributed by atoms with Crippen LogP contribution in [0, 0.1) is 0 Å². The third-order valence-corrected chi connectivity index (χ3v) is 4.59. The first-order chi connectivity index (χ1) is 10.8. The van der Waals surface area contributed by atoms with Gasteiger partial charge in [0.2, 0.25) is 0 Å². The molecule has 2 nitrogen and oxygen atoms in total. The van der Waals surface area contributed by atoms with Gasteiger partial charge in [0.15, 0.2) is 0 Å². The van der Waals surface area contributed by atoms with Gasteiger partial charge >= 0.3 is 0 Å². The maximum absolute atomic E-state index is 9.01. The SMILES string of the molecule is CCCCCCCCCCCCCCCCCCCN(C)O. The van der Waals surface area contributed by atoms with Crippen LogP contribution in [0.3, 0.4) is 0 Å². The van der Waals surface area contributed by atoms with E-state index in [0.29, 0.717) is 0 Å². The third kappa shape index (κ3) is 19.9. The summed E-state index contributed by atoms with van der Waals surface area (Å²) in [6, 6.07) is 0. The molecule has 0 fully saturated rings. The maximum atomic E-state index is 9.01. The fourth-order valence-electron chi connectivity index (χ4n) is 3.07. The molecule has 0 saturated heterocycles. The maximum Gasteiger partial charge on any atom is 0.0235 e. The highest BCUT2D eigenvalue weighted by Crippen LogP contribution is 2.13. The van der Waals surface area contributed by atoms with Crippen molar-refractivity contribution in [3.05, 3.63) is 0 Å². The predicted octanol–water partition coefficient (Wildman–Crippen LogP) is 6.96. The minimum Gasteiger partial charge on any atom is -0.314 e. The molecule has 0 aromatic heterocycles. The second-order valence-corrected chi connectivity index (χ2v) is 7.04. The molecule has 0 spiro atoms. The molecule has 0 radical (unpaired) electrons. The second-order valence-electron chi connectivity index (χ2n) is 7.04. The molecule has 0 unspecified atom stereocenters. The molecule has 0 bridgehead atoms. The van der Waals surface area contributed by atoms with Crippen molar-refractivity contribution in [3.8, 4) is 0 Å². The Labute approximate surface area is 140 Å². The number of hydrogen-bond acceptors (Lipinski definition) is 2. The van der Waals surface area contributed by atoms with Gasteiger partial charge in [-0.1, -0.05) is 110 Å². The standard InChI is InChI=1S/C20H43NO/c1-3-4-5-6-7-8-9-10-11-12-13-14-15-16-17-18-19-20-21(2)22/h22H,3-20H2,1-2H3. The topological polar surface area (TPSA) is 23.5 Å². The molecule has 0 aliphatic carbocycles. The van der Waals surface area contributed by atoms with Crippen LogP contribution in [0.15, 0.2) is 0 Å². The zero-order chi connectivity index (χ0) is 16.3. The summed E-state index contributed by atoms with van der Waals surface area (Å²) in [5, 5.41) is 10.3. The van der Waals surface area contributed by atoms with Crippen LogP contribution in [-0.4, -0.2) is 23.9 Å². The number of hydrogen-bond donors (Lipinski definition) is 1. The molecule has 0 rings (SSSR count). The fourth-order valence-corrected chi connectivity index (χ4v) is 3.07. The lowest BCUT2D eigenvalue weighted by atomic mass is 10.0. The molecule has 0 aromatic rings. The number of rotatable bonds is 18. The Morgan fingerprint density at radius 1 is 0.500 bits per heavy atom. The molecular weight excluding hydrogens is 270 g/mol. The van der Waals surface area contributed by atoms with Gasteiger partial charge in [-0.25, -0.2) is 0 Å². The summed E-state index contributed by atoms with van der Waals surface area (Å²) in [7, 11) is 1.73. The lowest BCUT2D eigenvalue weighted by molar-refractivity contribution is -0.0655. The van der Waals surface area contributed by atoms with Crippen molar-refractivity contribution in [2.24, 2.45) is 0 Å². The monoisotopic (exact) mass is 313 g/mol. The van der Waals surface area contributed by atoms with Crippen molar-refractivity contribution in [2.75, 3.05) is 13.6 Å². The van der Waals surface area contributed by atoms with E-state index in [1.807, 2.05) is 0 Å². The average molecular weight is 314 g/mol. The molecule has 22 heavy (non-hydrogen) atoms. The summed E-state index contributed by atoms with van der Waals surface area (Å²) in [4.78, 5) is 0. The van der Waals surface area contributed by atoms with Gasteiger partial charge < -0.3 is 5.21 Å². The van der Waals surface area contributed by atoms with E-state index >= 15 is 0 Å². The van der Waals surface area contributed by atoms with E-state index < -0.39 is 0 Å². The summed E-state index contributed by atoms with van der Waals surface area (Å²) in [5.41, 5.74) is 0. The Kier molecular flexibility index (Phi) is 18.9. The summed E-state index contributed by atoms with van der Waals surface area (Å²) in [6.07, 6.45) is 23.9. The molecule has 0 aliphatic heterocycles. The van der Waals surface area contributed by atoms with Crippen LogP contribution >= 0.6 is 0 Å². The molecule has 1 N–H and O–H groups in total. The minimum atomic E-state index is 0.818. The van der Waals surface area contributed by atoms with E-state index in [9.17, 15) is 0 Å². The van der Waals surface area contributed by atoms with Crippen LogP contribution in [0.4, 0.5) is 0 Å². The van der Waals surface area contributed by atoms with Gasteiger partial charge in [0, 0.05) is 13.6 Å². The van der Waals surface area contributed by atoms with E-state index in [-0.39, 0.29) is 0 Å². The summed E-state index contributed by atoms with van der Waals surface area (Å²) in [6.45, 7) is 3.11. The molecule has 0 aliphatic rings. The van der Waals surface area contributed by atoms with Gasteiger partial charge in [-0.2, -0.15) is 5.06 Å². The first kappa shape index (κ1) is 21.9. The van der Waals surface area contributed by atoms with Crippen LogP contribution < -0.4 is 0 Å². The smallest absolute Gasteiger partial charge is 0.0235 e. The van der Waals surface area contributed by atoms with Crippen molar-refractivity contribution in [2.45, 2.75) is 116 Å². The molecular formula is C20H43NO. The zero-order valence-electron chi connectivity index (χ0n) is 15.6. The molecule has 134 valence electrons. The minimum absolute atomic E-state index is 0.818. The number of nitrogens with zero attached hydrogens (tertiary/aromatic N) is 1. The highest BCUT2D eigenvalue weighted by atomic mass is 16.5. The summed E-state index contributed by atoms with van der Waals surface area (Å²) in [5.74, 6) is 0. The number of unbranched alkanes of at least 4 members (excludes halogenated alkanes) is 16. The van der Waals surface area contributed by atoms with Crippen LogP contribution in [0.25, 0.3) is 0 Å².